The van der Waals surface area contributed by atoms with Gasteiger partial charge in [-0.05, 0) is 83.1 Å². The van der Waals surface area contributed by atoms with Gasteiger partial charge in [0.05, 0.1) is 76.5 Å². The van der Waals surface area contributed by atoms with E-state index in [1.54, 1.807) is 24.3 Å². The summed E-state index contributed by atoms with van der Waals surface area (Å²) in [6.45, 7) is 4.09. The summed E-state index contributed by atoms with van der Waals surface area (Å²) in [5.74, 6) is -4.66. The zero-order valence-electron chi connectivity index (χ0n) is 45.0. The van der Waals surface area contributed by atoms with Crippen LogP contribution >= 0.6 is 11.8 Å². The quantitative estimate of drug-likeness (QED) is 0.0343. The van der Waals surface area contributed by atoms with Crippen LogP contribution in [0.1, 0.15) is 127 Å². The van der Waals surface area contributed by atoms with E-state index in [0.717, 1.165) is 56.0 Å². The molecular weight excluding hydrogens is 1030 g/mol. The third kappa shape index (κ3) is 38.1. The van der Waals surface area contributed by atoms with E-state index >= 15 is 0 Å². The monoisotopic (exact) mass is 1110 g/mol. The number of hydrogen-bond donors (Lipinski definition) is 8. The maximum absolute atomic E-state index is 12.5. The number of carboxylic acid groups (broad SMARTS) is 2. The predicted octanol–water partition coefficient (Wildman–Crippen LogP) is 2.39. The van der Waals surface area contributed by atoms with Crippen molar-refractivity contribution in [1.29, 1.82) is 0 Å². The standard InChI is InChI=1S/C53H85N5O18S/c1-38(60)40-16-19-44(20-17-40)76-25-11-7-5-3-4-6-8-13-42(62)31-41(52(68)69)18-21-49(65)56-23-26-73-28-29-74-34-43(63)14-12-24-72-27-30-75-35-50(66)55-22-10-9-15-46(53(70)71)58-51(67)37-77-36-47(39(2)61)57-32-48(64)45(54)33-59/h16-17,19-20,41,45-47,57,59H,3-15,18,21-37,54H2,1-2H3,(H,55,66)(H,56,65)(H,58,67)(H,68,69)(H,70,71)/t41-,45+,46+,47+/m1/s1. The number of carbonyl (C=O) groups is 10. The van der Waals surface area contributed by atoms with E-state index < -0.39 is 54.3 Å². The molecule has 23 nitrogen and oxygen atoms in total. The minimum absolute atomic E-state index is 0.0175. The topological polar surface area (TPSA) is 352 Å². The first-order chi connectivity index (χ1) is 36.9. The van der Waals surface area contributed by atoms with Crippen LogP contribution in [-0.4, -0.2) is 189 Å². The number of benzene rings is 1. The number of rotatable bonds is 52. The van der Waals surface area contributed by atoms with Crippen LogP contribution in [0.25, 0.3) is 0 Å². The van der Waals surface area contributed by atoms with Crippen molar-refractivity contribution < 1.29 is 86.9 Å². The number of carboxylic acids is 2. The van der Waals surface area contributed by atoms with Crippen LogP contribution in [0.3, 0.4) is 0 Å². The summed E-state index contributed by atoms with van der Waals surface area (Å²) >= 11 is 1.09. The average Bonchev–Trinajstić information content (AvgIpc) is 3.39. The Morgan fingerprint density at radius 3 is 1.87 bits per heavy atom. The molecule has 0 spiro atoms. The first-order valence-corrected chi connectivity index (χ1v) is 27.7. The van der Waals surface area contributed by atoms with E-state index in [1.807, 2.05) is 0 Å². The molecule has 0 saturated carbocycles. The largest absolute Gasteiger partial charge is 0.494 e. The van der Waals surface area contributed by atoms with Gasteiger partial charge in [-0.15, -0.1) is 11.8 Å². The molecule has 1 aromatic rings. The number of ketones is 5. The fraction of sp³-hybridized carbons (Fsp3) is 0.698. The number of nitrogens with one attached hydrogen (secondary N) is 4. The molecule has 0 heterocycles. The molecule has 0 aliphatic carbocycles. The second kappa shape index (κ2) is 44.7. The van der Waals surface area contributed by atoms with Crippen molar-refractivity contribution >= 4 is 70.3 Å². The first kappa shape index (κ1) is 69.8. The van der Waals surface area contributed by atoms with Crippen LogP contribution in [0.4, 0.5) is 0 Å². The van der Waals surface area contributed by atoms with E-state index in [-0.39, 0.29) is 144 Å². The lowest BCUT2D eigenvalue weighted by Crippen LogP contribution is -2.46. The SMILES string of the molecule is CC(=O)c1ccc(OCCCCCCCCCC(=O)C[C@@H](CCC(=O)NCCOCCOCC(=O)CCCOCCOCC(=O)NCCCC[C@H](NC(=O)CSC[C@H](NCC(=O)[C@@H](N)CO)C(C)=O)C(=O)O)C(=O)O)cc1. The van der Waals surface area contributed by atoms with Crippen molar-refractivity contribution in [2.24, 2.45) is 11.7 Å². The van der Waals surface area contributed by atoms with E-state index in [2.05, 4.69) is 21.3 Å². The van der Waals surface area contributed by atoms with E-state index in [4.69, 9.17) is 34.5 Å². The van der Waals surface area contributed by atoms with Gasteiger partial charge in [-0.2, -0.15) is 0 Å². The Kier molecular flexibility index (Phi) is 40.6. The lowest BCUT2D eigenvalue weighted by atomic mass is 9.94. The van der Waals surface area contributed by atoms with Crippen molar-refractivity contribution in [1.82, 2.24) is 21.3 Å². The molecule has 9 N–H and O–H groups in total. The van der Waals surface area contributed by atoms with E-state index in [9.17, 15) is 58.2 Å². The Hall–Kier alpha value is -5.21. The smallest absolute Gasteiger partial charge is 0.326 e. The molecule has 1 rings (SSSR count). The Bertz CT molecular complexity index is 1930. The molecule has 0 aliphatic heterocycles. The maximum atomic E-state index is 12.5. The molecule has 1 aromatic carbocycles. The van der Waals surface area contributed by atoms with Gasteiger partial charge in [0.2, 0.25) is 17.7 Å². The highest BCUT2D eigenvalue weighted by atomic mass is 32.2. The summed E-state index contributed by atoms with van der Waals surface area (Å²) in [6.07, 6.45) is 8.53. The van der Waals surface area contributed by atoms with Crippen LogP contribution in [0.2, 0.25) is 0 Å². The van der Waals surface area contributed by atoms with Crippen molar-refractivity contribution in [3.05, 3.63) is 29.8 Å². The summed E-state index contributed by atoms with van der Waals surface area (Å²) in [4.78, 5) is 120. The second-order valence-electron chi connectivity index (χ2n) is 18.4. The number of aliphatic carboxylic acids is 2. The van der Waals surface area contributed by atoms with Crippen molar-refractivity contribution in [2.45, 2.75) is 135 Å². The minimum atomic E-state index is -1.21. The Morgan fingerprint density at radius 2 is 1.22 bits per heavy atom. The van der Waals surface area contributed by atoms with Crippen LogP contribution in [0.5, 0.6) is 5.75 Å². The van der Waals surface area contributed by atoms with Crippen LogP contribution in [0.15, 0.2) is 24.3 Å². The summed E-state index contributed by atoms with van der Waals surface area (Å²) in [5.41, 5.74) is 6.12. The maximum Gasteiger partial charge on any atom is 0.326 e. The summed E-state index contributed by atoms with van der Waals surface area (Å²) in [6, 6.07) is 4.16. The Labute approximate surface area is 456 Å². The van der Waals surface area contributed by atoms with Crippen LogP contribution in [-0.2, 0) is 62.1 Å². The second-order valence-corrected chi connectivity index (χ2v) is 19.4. The van der Waals surface area contributed by atoms with E-state index in [1.165, 1.54) is 13.8 Å². The fourth-order valence-corrected chi connectivity index (χ4v) is 8.13. The first-order valence-electron chi connectivity index (χ1n) is 26.5. The molecule has 77 heavy (non-hydrogen) atoms. The van der Waals surface area contributed by atoms with Gasteiger partial charge in [0.1, 0.15) is 36.6 Å². The van der Waals surface area contributed by atoms with Crippen molar-refractivity contribution in [3.8, 4) is 5.75 Å². The zero-order chi connectivity index (χ0) is 57.1. The van der Waals surface area contributed by atoms with Gasteiger partial charge in [0, 0.05) is 56.7 Å². The number of unbranched alkanes of at least 4 members (excludes halogenated alkanes) is 7. The highest BCUT2D eigenvalue weighted by Gasteiger charge is 2.23. The number of amides is 3. The molecular formula is C53H85N5O18S. The molecule has 3 amide bonds. The molecule has 0 fully saturated rings. The van der Waals surface area contributed by atoms with Gasteiger partial charge < -0.3 is 60.7 Å². The molecule has 0 saturated heterocycles. The number of hydrogen-bond acceptors (Lipinski definition) is 19. The molecule has 0 aromatic heterocycles. The molecule has 0 aliphatic rings. The highest BCUT2D eigenvalue weighted by Crippen LogP contribution is 2.17. The van der Waals surface area contributed by atoms with Crippen LogP contribution in [0, 0.1) is 5.92 Å². The number of carbonyl (C=O) groups excluding carboxylic acids is 8. The molecule has 0 bridgehead atoms. The van der Waals surface area contributed by atoms with Gasteiger partial charge in [-0.1, -0.05) is 32.1 Å². The predicted molar refractivity (Wildman–Crippen MR) is 286 cm³/mol. The number of ether oxygens (including phenoxy) is 5. The number of aliphatic hydroxyl groups excluding tert-OH is 1. The lowest BCUT2D eigenvalue weighted by Gasteiger charge is -2.17. The van der Waals surface area contributed by atoms with Gasteiger partial charge in [0.15, 0.2) is 17.3 Å². The van der Waals surface area contributed by atoms with Crippen molar-refractivity contribution in [2.75, 3.05) is 97.2 Å². The summed E-state index contributed by atoms with van der Waals surface area (Å²) in [7, 11) is 0. The molecule has 0 unspecified atom stereocenters. The van der Waals surface area contributed by atoms with Gasteiger partial charge in [0.25, 0.3) is 0 Å². The van der Waals surface area contributed by atoms with Crippen molar-refractivity contribution in [3.63, 3.8) is 0 Å². The normalized spacial score (nSPS) is 12.7. The number of nitrogens with two attached hydrogens (primary N) is 1. The summed E-state index contributed by atoms with van der Waals surface area (Å²) in [5, 5.41) is 38.7. The lowest BCUT2D eigenvalue weighted by molar-refractivity contribution is -0.144. The number of Topliss-reactive ketones (excluding diaryl/α,β-unsaturated/α-hetero) is 5. The Balaban J connectivity index is 1.99. The fourth-order valence-electron chi connectivity index (χ4n) is 7.16. The third-order valence-electron chi connectivity index (χ3n) is 11.7. The number of aliphatic hydroxyl groups is 1. The zero-order valence-corrected chi connectivity index (χ0v) is 45.8. The van der Waals surface area contributed by atoms with Gasteiger partial charge in [-0.3, -0.25) is 48.5 Å². The molecule has 24 heteroatoms. The highest BCUT2D eigenvalue weighted by molar-refractivity contribution is 8.00. The van der Waals surface area contributed by atoms with Crippen LogP contribution < -0.4 is 31.7 Å². The van der Waals surface area contributed by atoms with Gasteiger partial charge in [-0.25, -0.2) is 4.79 Å². The molecule has 4 atom stereocenters. The third-order valence-corrected chi connectivity index (χ3v) is 12.8. The van der Waals surface area contributed by atoms with E-state index in [0.29, 0.717) is 50.9 Å². The summed E-state index contributed by atoms with van der Waals surface area (Å²) < 4.78 is 27.3. The average molecular weight is 1110 g/mol. The molecule has 0 radical (unpaired) electrons. The minimum Gasteiger partial charge on any atom is -0.494 e. The van der Waals surface area contributed by atoms with Gasteiger partial charge >= 0.3 is 11.9 Å². The molecule has 436 valence electrons. The number of thioether (sulfide) groups is 1. The Morgan fingerprint density at radius 1 is 0.597 bits per heavy atom.